The predicted molar refractivity (Wildman–Crippen MR) is 111 cm³/mol. The number of benzene rings is 2. The quantitative estimate of drug-likeness (QED) is 0.635. The number of nitrogens with one attached hydrogen (secondary N) is 3. The van der Waals surface area contributed by atoms with E-state index in [1.54, 1.807) is 31.3 Å². The van der Waals surface area contributed by atoms with E-state index < -0.39 is 0 Å². The molecular weight excluding hydrogens is 394 g/mol. The van der Waals surface area contributed by atoms with Gasteiger partial charge in [-0.15, -0.1) is 0 Å². The first-order valence-electron chi connectivity index (χ1n) is 9.46. The minimum absolute atomic E-state index is 0.135. The van der Waals surface area contributed by atoms with Crippen LogP contribution in [-0.4, -0.2) is 45.2 Å². The highest BCUT2D eigenvalue weighted by Crippen LogP contribution is 2.32. The topological polar surface area (TPSA) is 81.1 Å². The van der Waals surface area contributed by atoms with Gasteiger partial charge in [0.25, 0.3) is 11.8 Å². The Bertz CT molecular complexity index is 873. The highest BCUT2D eigenvalue weighted by atomic mass is 35.5. The summed E-state index contributed by atoms with van der Waals surface area (Å²) in [5.41, 5.74) is 1.60. The van der Waals surface area contributed by atoms with Gasteiger partial charge in [0, 0.05) is 10.7 Å². The third-order valence-corrected chi connectivity index (χ3v) is 4.75. The molecular formula is C21H25ClN3O4+. The molecule has 29 heavy (non-hydrogen) atoms. The molecule has 2 amide bonds. The molecule has 1 unspecified atom stereocenters. The second kappa shape index (κ2) is 9.62. The number of anilines is 1. The van der Waals surface area contributed by atoms with Crippen LogP contribution in [0.15, 0.2) is 42.5 Å². The molecule has 7 nitrogen and oxygen atoms in total. The maximum absolute atomic E-state index is 12.4. The molecule has 0 aromatic heterocycles. The third-order valence-electron chi connectivity index (χ3n) is 4.50. The van der Waals surface area contributed by atoms with Gasteiger partial charge in [0.2, 0.25) is 0 Å². The van der Waals surface area contributed by atoms with E-state index >= 15 is 0 Å². The third kappa shape index (κ3) is 6.10. The average molecular weight is 419 g/mol. The van der Waals surface area contributed by atoms with Crippen LogP contribution < -0.4 is 25.0 Å². The number of amides is 2. The highest BCUT2D eigenvalue weighted by molar-refractivity contribution is 6.30. The number of fused-ring (bicyclic) bond motifs is 1. The molecule has 1 heterocycles. The van der Waals surface area contributed by atoms with Gasteiger partial charge in [0.05, 0.1) is 13.1 Å². The Morgan fingerprint density at radius 2 is 1.69 bits per heavy atom. The fourth-order valence-corrected chi connectivity index (χ4v) is 3.18. The second-order valence-electron chi connectivity index (χ2n) is 7.06. The van der Waals surface area contributed by atoms with Gasteiger partial charge in [-0.05, 0) is 48.9 Å². The molecule has 0 fully saturated rings. The number of halogens is 1. The van der Waals surface area contributed by atoms with Crippen LogP contribution in [0.1, 0.15) is 18.5 Å². The second-order valence-corrected chi connectivity index (χ2v) is 7.49. The zero-order chi connectivity index (χ0) is 20.8. The molecule has 0 saturated heterocycles. The Morgan fingerprint density at radius 1 is 1.03 bits per heavy atom. The van der Waals surface area contributed by atoms with Crippen LogP contribution in [0.25, 0.3) is 0 Å². The molecule has 3 N–H and O–H groups in total. The molecule has 2 atom stereocenters. The van der Waals surface area contributed by atoms with Crippen LogP contribution in [0, 0.1) is 0 Å². The van der Waals surface area contributed by atoms with E-state index in [0.29, 0.717) is 29.7 Å². The van der Waals surface area contributed by atoms with Crippen molar-refractivity contribution < 1.29 is 24.0 Å². The van der Waals surface area contributed by atoms with Gasteiger partial charge in [-0.1, -0.05) is 17.7 Å². The standard InChI is InChI=1S/C21H24ClN3O4/c1-14(15-3-8-18-19(11-15)29-10-9-28-18)23-20(26)12-25(2)13-21(27)24-17-6-4-16(22)5-7-17/h3-8,11,14H,9-10,12-13H2,1-2H3,(H,23,26)(H,24,27)/p+1/t14-/m1/s1. The van der Waals surface area contributed by atoms with Gasteiger partial charge in [0.15, 0.2) is 24.6 Å². The Balaban J connectivity index is 1.46. The molecule has 0 aliphatic carbocycles. The summed E-state index contributed by atoms with van der Waals surface area (Å²) in [5, 5.41) is 6.36. The van der Waals surface area contributed by atoms with Crippen molar-refractivity contribution in [2.24, 2.45) is 0 Å². The lowest BCUT2D eigenvalue weighted by molar-refractivity contribution is -0.862. The molecule has 0 bridgehead atoms. The molecule has 0 spiro atoms. The van der Waals surface area contributed by atoms with Crippen molar-refractivity contribution in [1.82, 2.24) is 5.32 Å². The summed E-state index contributed by atoms with van der Waals surface area (Å²) in [4.78, 5) is 25.3. The lowest BCUT2D eigenvalue weighted by atomic mass is 10.1. The van der Waals surface area contributed by atoms with Gasteiger partial charge in [-0.3, -0.25) is 9.59 Å². The van der Waals surface area contributed by atoms with Gasteiger partial charge in [0.1, 0.15) is 13.2 Å². The molecule has 1 aliphatic heterocycles. The Hall–Kier alpha value is -2.77. The van der Waals surface area contributed by atoms with Gasteiger partial charge < -0.3 is 25.0 Å². The molecule has 1 aliphatic rings. The molecule has 3 rings (SSSR count). The minimum Gasteiger partial charge on any atom is -0.486 e. The lowest BCUT2D eigenvalue weighted by Crippen LogP contribution is -3.11. The SMILES string of the molecule is C[C@@H](NC(=O)C[NH+](C)CC(=O)Nc1ccc(Cl)cc1)c1ccc2c(c1)OCCO2. The smallest absolute Gasteiger partial charge is 0.279 e. The number of carbonyl (C=O) groups excluding carboxylic acids is 2. The van der Waals surface area contributed by atoms with E-state index in [1.165, 1.54) is 0 Å². The molecule has 0 radical (unpaired) electrons. The van der Waals surface area contributed by atoms with Crippen molar-refractivity contribution in [3.63, 3.8) is 0 Å². The fourth-order valence-electron chi connectivity index (χ4n) is 3.05. The fraction of sp³-hybridized carbons (Fsp3) is 0.333. The molecule has 0 saturated carbocycles. The van der Waals surface area contributed by atoms with E-state index in [9.17, 15) is 9.59 Å². The van der Waals surface area contributed by atoms with Crippen LogP contribution in [0.2, 0.25) is 5.02 Å². The van der Waals surface area contributed by atoms with Crippen molar-refractivity contribution in [3.8, 4) is 11.5 Å². The summed E-state index contributed by atoms with van der Waals surface area (Å²) in [6.07, 6.45) is 0. The first-order chi connectivity index (χ1) is 13.9. The zero-order valence-corrected chi connectivity index (χ0v) is 17.2. The van der Waals surface area contributed by atoms with Crippen molar-refractivity contribution in [1.29, 1.82) is 0 Å². The summed E-state index contributed by atoms with van der Waals surface area (Å²) in [7, 11) is 1.80. The van der Waals surface area contributed by atoms with E-state index in [-0.39, 0.29) is 30.9 Å². The number of hydrogen-bond acceptors (Lipinski definition) is 4. The van der Waals surface area contributed by atoms with Gasteiger partial charge in [-0.25, -0.2) is 0 Å². The van der Waals surface area contributed by atoms with Crippen LogP contribution in [0.4, 0.5) is 5.69 Å². The highest BCUT2D eigenvalue weighted by Gasteiger charge is 2.18. The van der Waals surface area contributed by atoms with E-state index in [1.807, 2.05) is 25.1 Å². The average Bonchev–Trinajstić information content (AvgIpc) is 2.69. The van der Waals surface area contributed by atoms with E-state index in [2.05, 4.69) is 10.6 Å². The summed E-state index contributed by atoms with van der Waals surface area (Å²) in [5.74, 6) is 1.10. The maximum Gasteiger partial charge on any atom is 0.279 e. The predicted octanol–water partition coefficient (Wildman–Crippen LogP) is 1.44. The van der Waals surface area contributed by atoms with Crippen LogP contribution >= 0.6 is 11.6 Å². The summed E-state index contributed by atoms with van der Waals surface area (Å²) < 4.78 is 11.1. The Morgan fingerprint density at radius 3 is 2.41 bits per heavy atom. The normalized spacial score (nSPS) is 14.6. The summed E-state index contributed by atoms with van der Waals surface area (Å²) in [6.45, 7) is 3.33. The Labute approximate surface area is 174 Å². The number of likely N-dealkylation sites (N-methyl/N-ethyl adjacent to an activating group) is 1. The van der Waals surface area contributed by atoms with Crippen molar-refractivity contribution in [2.45, 2.75) is 13.0 Å². The van der Waals surface area contributed by atoms with Crippen molar-refractivity contribution in [2.75, 3.05) is 38.7 Å². The van der Waals surface area contributed by atoms with E-state index in [4.69, 9.17) is 21.1 Å². The van der Waals surface area contributed by atoms with Crippen molar-refractivity contribution >= 4 is 29.1 Å². The van der Waals surface area contributed by atoms with Crippen LogP contribution in [0.5, 0.6) is 11.5 Å². The number of rotatable bonds is 7. The first-order valence-corrected chi connectivity index (χ1v) is 9.84. The number of carbonyl (C=O) groups is 2. The monoisotopic (exact) mass is 418 g/mol. The Kier molecular flexibility index (Phi) is 6.95. The number of ether oxygens (including phenoxy) is 2. The molecule has 2 aromatic carbocycles. The van der Waals surface area contributed by atoms with E-state index in [0.717, 1.165) is 16.2 Å². The van der Waals surface area contributed by atoms with Crippen LogP contribution in [0.3, 0.4) is 0 Å². The van der Waals surface area contributed by atoms with Gasteiger partial charge in [-0.2, -0.15) is 0 Å². The number of hydrogen-bond donors (Lipinski definition) is 3. The largest absolute Gasteiger partial charge is 0.486 e. The summed E-state index contributed by atoms with van der Waals surface area (Å²) >= 11 is 5.84. The first kappa shape index (κ1) is 21.0. The zero-order valence-electron chi connectivity index (χ0n) is 16.5. The molecule has 2 aromatic rings. The summed E-state index contributed by atoms with van der Waals surface area (Å²) in [6, 6.07) is 12.3. The molecule has 8 heteroatoms. The lowest BCUT2D eigenvalue weighted by Gasteiger charge is -2.21. The van der Waals surface area contributed by atoms with Crippen molar-refractivity contribution in [3.05, 3.63) is 53.1 Å². The maximum atomic E-state index is 12.4. The van der Waals surface area contributed by atoms with Gasteiger partial charge >= 0.3 is 0 Å². The minimum atomic E-state index is -0.186. The number of quaternary nitrogens is 1. The molecule has 154 valence electrons. The van der Waals surface area contributed by atoms with Crippen LogP contribution in [-0.2, 0) is 9.59 Å².